The van der Waals surface area contributed by atoms with Gasteiger partial charge in [-0.3, -0.25) is 14.6 Å². The molecular formula is C14H14NO5PS. The molecule has 2 rings (SSSR count). The van der Waals surface area contributed by atoms with E-state index in [9.17, 15) is 14.7 Å². The van der Waals surface area contributed by atoms with Crippen LogP contribution in [0.1, 0.15) is 6.92 Å². The lowest BCUT2D eigenvalue weighted by atomic mass is 10.2. The van der Waals surface area contributed by atoms with Crippen LogP contribution in [0.25, 0.3) is 0 Å². The van der Waals surface area contributed by atoms with Crippen LogP contribution < -0.4 is 4.52 Å². The van der Waals surface area contributed by atoms with E-state index in [0.717, 1.165) is 0 Å². The number of benzene rings is 1. The minimum absolute atomic E-state index is 0.0744. The number of hydrogen-bond acceptors (Lipinski definition) is 6. The molecule has 0 aliphatic heterocycles. The Bertz CT molecular complexity index is 683. The predicted octanol–water partition coefficient (Wildman–Crippen LogP) is 4.07. The molecule has 116 valence electrons. The van der Waals surface area contributed by atoms with Crippen molar-refractivity contribution in [2.24, 2.45) is 0 Å². The number of thiocarbonyl (C=S) groups is 1. The van der Waals surface area contributed by atoms with E-state index < -0.39 is 18.2 Å². The van der Waals surface area contributed by atoms with Gasteiger partial charge in [-0.05, 0) is 25.1 Å². The van der Waals surface area contributed by atoms with Crippen molar-refractivity contribution in [1.29, 1.82) is 0 Å². The number of rotatable bonds is 6. The first-order chi connectivity index (χ1) is 10.5. The molecule has 0 heterocycles. The molecule has 8 heteroatoms. The summed E-state index contributed by atoms with van der Waals surface area (Å²) in [6.07, 6.45) is 6.82. The lowest BCUT2D eigenvalue weighted by molar-refractivity contribution is -0.384. The van der Waals surface area contributed by atoms with Crippen LogP contribution in [0.2, 0.25) is 0 Å². The Balaban J connectivity index is 2.26. The Hall–Kier alpha value is -1.82. The van der Waals surface area contributed by atoms with Gasteiger partial charge < -0.3 is 4.52 Å². The van der Waals surface area contributed by atoms with Crippen molar-refractivity contribution < 1.29 is 18.5 Å². The van der Waals surface area contributed by atoms with Gasteiger partial charge in [-0.15, -0.1) is 0 Å². The topological polar surface area (TPSA) is 78.7 Å². The van der Waals surface area contributed by atoms with Gasteiger partial charge in [-0.1, -0.05) is 30.4 Å². The highest BCUT2D eigenvalue weighted by molar-refractivity contribution is 7.82. The van der Waals surface area contributed by atoms with E-state index in [1.165, 1.54) is 24.3 Å². The minimum atomic E-state index is -3.56. The van der Waals surface area contributed by atoms with Crippen LogP contribution in [0.15, 0.2) is 48.6 Å². The number of nitro benzene ring substituents is 1. The van der Waals surface area contributed by atoms with Gasteiger partial charge in [0, 0.05) is 17.0 Å². The Morgan fingerprint density at radius 3 is 2.55 bits per heavy atom. The summed E-state index contributed by atoms with van der Waals surface area (Å²) < 4.78 is 23.9. The molecular weight excluding hydrogens is 325 g/mol. The fourth-order valence-electron chi connectivity index (χ4n) is 1.89. The van der Waals surface area contributed by atoms with Crippen molar-refractivity contribution in [3.05, 3.63) is 58.7 Å². The quantitative estimate of drug-likeness (QED) is 0.336. The van der Waals surface area contributed by atoms with Gasteiger partial charge in [0.2, 0.25) is 0 Å². The first kappa shape index (κ1) is 16.5. The Morgan fingerprint density at radius 1 is 1.32 bits per heavy atom. The minimum Gasteiger partial charge on any atom is -0.424 e. The standard InChI is InChI=1S/C14H14NO5PS/c1-2-19-21(18,13-5-3-4-6-14(13)22)20-12-9-7-11(8-10-12)15(16)17/h3-10,13H,2H2,1H3. The van der Waals surface area contributed by atoms with Crippen LogP contribution >= 0.6 is 19.8 Å². The largest absolute Gasteiger partial charge is 0.424 e. The monoisotopic (exact) mass is 339 g/mol. The van der Waals surface area contributed by atoms with Gasteiger partial charge in [0.1, 0.15) is 11.4 Å². The third kappa shape index (κ3) is 3.68. The molecule has 0 bridgehead atoms. The average molecular weight is 339 g/mol. The summed E-state index contributed by atoms with van der Waals surface area (Å²) in [7, 11) is -3.56. The highest BCUT2D eigenvalue weighted by atomic mass is 32.1. The van der Waals surface area contributed by atoms with E-state index in [1.54, 1.807) is 31.2 Å². The molecule has 0 fully saturated rings. The molecule has 0 saturated heterocycles. The maximum Gasteiger partial charge on any atom is 0.391 e. The van der Waals surface area contributed by atoms with Crippen LogP contribution in [-0.4, -0.2) is 22.1 Å². The summed E-state index contributed by atoms with van der Waals surface area (Å²) in [5.41, 5.74) is -0.725. The molecule has 1 aromatic rings. The second kappa shape index (κ2) is 6.96. The molecule has 1 aliphatic rings. The van der Waals surface area contributed by atoms with E-state index in [4.69, 9.17) is 21.3 Å². The normalized spacial score (nSPS) is 19.7. The van der Waals surface area contributed by atoms with E-state index in [-0.39, 0.29) is 18.0 Å². The second-order valence-corrected chi connectivity index (χ2v) is 6.94. The summed E-state index contributed by atoms with van der Waals surface area (Å²) in [6.45, 7) is 1.90. The van der Waals surface area contributed by atoms with E-state index >= 15 is 0 Å². The predicted molar refractivity (Wildman–Crippen MR) is 87.6 cm³/mol. The highest BCUT2D eigenvalue weighted by Crippen LogP contribution is 2.54. The van der Waals surface area contributed by atoms with Gasteiger partial charge in [0.25, 0.3) is 5.69 Å². The van der Waals surface area contributed by atoms with Crippen molar-refractivity contribution in [2.75, 3.05) is 6.61 Å². The van der Waals surface area contributed by atoms with Gasteiger partial charge >= 0.3 is 7.60 Å². The molecule has 6 nitrogen and oxygen atoms in total. The van der Waals surface area contributed by atoms with Crippen LogP contribution in [0.3, 0.4) is 0 Å². The van der Waals surface area contributed by atoms with Crippen molar-refractivity contribution in [1.82, 2.24) is 0 Å². The number of nitrogens with zero attached hydrogens (tertiary/aromatic N) is 1. The molecule has 2 atom stereocenters. The summed E-state index contributed by atoms with van der Waals surface area (Å²) in [5.74, 6) is 0.230. The van der Waals surface area contributed by atoms with E-state index in [0.29, 0.717) is 4.86 Å². The summed E-state index contributed by atoms with van der Waals surface area (Å²) in [6, 6.07) is 5.32. The lowest BCUT2D eigenvalue weighted by Crippen LogP contribution is -2.21. The van der Waals surface area contributed by atoms with Crippen LogP contribution in [-0.2, 0) is 9.09 Å². The van der Waals surface area contributed by atoms with Crippen LogP contribution in [0, 0.1) is 10.1 Å². The fourth-order valence-corrected chi connectivity index (χ4v) is 4.25. The first-order valence-electron chi connectivity index (χ1n) is 6.53. The van der Waals surface area contributed by atoms with Gasteiger partial charge in [0.15, 0.2) is 0 Å². The number of hydrogen-bond donors (Lipinski definition) is 0. The molecule has 0 saturated carbocycles. The molecule has 2 unspecified atom stereocenters. The molecule has 1 aliphatic carbocycles. The molecule has 0 amide bonds. The second-order valence-electron chi connectivity index (χ2n) is 4.39. The Labute approximate surface area is 133 Å². The average Bonchev–Trinajstić information content (AvgIpc) is 2.48. The Kier molecular flexibility index (Phi) is 5.24. The van der Waals surface area contributed by atoms with Gasteiger partial charge in [-0.25, -0.2) is 4.57 Å². The fraction of sp³-hybridized carbons (Fsp3) is 0.214. The molecule has 22 heavy (non-hydrogen) atoms. The maximum absolute atomic E-state index is 13.0. The summed E-state index contributed by atoms with van der Waals surface area (Å²) in [4.78, 5) is 10.6. The van der Waals surface area contributed by atoms with Crippen molar-refractivity contribution in [2.45, 2.75) is 12.6 Å². The van der Waals surface area contributed by atoms with E-state index in [2.05, 4.69) is 0 Å². The van der Waals surface area contributed by atoms with Crippen molar-refractivity contribution in [3.8, 4) is 5.75 Å². The first-order valence-corrected chi connectivity index (χ1v) is 8.55. The van der Waals surface area contributed by atoms with E-state index in [1.807, 2.05) is 0 Å². The number of nitro groups is 1. The number of non-ortho nitro benzene ring substituents is 1. The lowest BCUT2D eigenvalue weighted by Gasteiger charge is -2.25. The van der Waals surface area contributed by atoms with Gasteiger partial charge in [-0.2, -0.15) is 0 Å². The molecule has 0 spiro atoms. The highest BCUT2D eigenvalue weighted by Gasteiger charge is 2.38. The molecule has 0 N–H and O–H groups in total. The van der Waals surface area contributed by atoms with Crippen molar-refractivity contribution in [3.63, 3.8) is 0 Å². The maximum atomic E-state index is 13.0. The molecule has 1 aromatic carbocycles. The zero-order valence-corrected chi connectivity index (χ0v) is 13.5. The SMILES string of the molecule is CCOP(=O)(Oc1ccc([N+](=O)[O-])cc1)C1C=CC=CC1=S. The zero-order valence-electron chi connectivity index (χ0n) is 11.7. The third-order valence-electron chi connectivity index (χ3n) is 2.89. The molecule has 0 aromatic heterocycles. The van der Waals surface area contributed by atoms with Gasteiger partial charge in [0.05, 0.1) is 11.5 Å². The molecule has 0 radical (unpaired) electrons. The number of allylic oxidation sites excluding steroid dienone is 4. The van der Waals surface area contributed by atoms with Crippen LogP contribution in [0.4, 0.5) is 5.69 Å². The summed E-state index contributed by atoms with van der Waals surface area (Å²) >= 11 is 5.20. The smallest absolute Gasteiger partial charge is 0.391 e. The van der Waals surface area contributed by atoms with Crippen LogP contribution in [0.5, 0.6) is 5.75 Å². The summed E-state index contributed by atoms with van der Waals surface area (Å²) in [5, 5.41) is 10.6. The third-order valence-corrected chi connectivity index (χ3v) is 5.67. The Morgan fingerprint density at radius 2 is 2.00 bits per heavy atom. The zero-order chi connectivity index (χ0) is 16.2. The van der Waals surface area contributed by atoms with Crippen molar-refractivity contribution >= 4 is 30.4 Å².